The minimum Gasteiger partial charge on any atom is -0.390 e. The van der Waals surface area contributed by atoms with Crippen LogP contribution in [0.4, 0.5) is 0 Å². The van der Waals surface area contributed by atoms with Gasteiger partial charge in [-0.1, -0.05) is 13.8 Å². The molecule has 1 atom stereocenters. The second-order valence-corrected chi connectivity index (χ2v) is 3.02. The van der Waals surface area contributed by atoms with Crippen molar-refractivity contribution in [1.82, 2.24) is 0 Å². The average molecular weight is 387 g/mol. The molecule has 1 aromatic rings. The van der Waals surface area contributed by atoms with Crippen molar-refractivity contribution in [3.8, 4) is 0 Å². The van der Waals surface area contributed by atoms with E-state index in [9.17, 15) is 5.11 Å². The minimum absolute atomic E-state index is 0. The van der Waals surface area contributed by atoms with E-state index in [1.54, 1.807) is 0 Å². The Morgan fingerprint density at radius 1 is 1.25 bits per heavy atom. The van der Waals surface area contributed by atoms with Gasteiger partial charge in [-0.15, -0.1) is 5.56 Å². The predicted octanol–water partition coefficient (Wildman–Crippen LogP) is 2.18. The standard InChI is InChI=1S/C10H13O.U/c1-8(2)10(11)9-6-4-3-5-7-9;/h4-8,10-11H,1-2H3;/q-1;. The molecule has 0 aliphatic rings. The third kappa shape index (κ3) is 3.31. The van der Waals surface area contributed by atoms with Crippen molar-refractivity contribution in [2.45, 2.75) is 20.0 Å². The van der Waals surface area contributed by atoms with E-state index in [0.29, 0.717) is 0 Å². The van der Waals surface area contributed by atoms with Crippen molar-refractivity contribution in [2.24, 2.45) is 5.92 Å². The van der Waals surface area contributed by atoms with Crippen molar-refractivity contribution in [3.63, 3.8) is 0 Å². The first kappa shape index (κ1) is 12.2. The molecule has 64 valence electrons. The maximum atomic E-state index is 9.58. The van der Waals surface area contributed by atoms with E-state index in [1.807, 2.05) is 38.1 Å². The van der Waals surface area contributed by atoms with Gasteiger partial charge in [0.1, 0.15) is 0 Å². The molecular weight excluding hydrogens is 374 g/mol. The van der Waals surface area contributed by atoms with Gasteiger partial charge in [-0.25, -0.2) is 0 Å². The third-order valence-corrected chi connectivity index (χ3v) is 1.72. The van der Waals surface area contributed by atoms with Crippen LogP contribution in [0.2, 0.25) is 0 Å². The Morgan fingerprint density at radius 2 is 1.75 bits per heavy atom. The molecule has 2 heteroatoms. The number of rotatable bonds is 2. The molecule has 0 aliphatic carbocycles. The normalized spacial score (nSPS) is 12.3. The summed E-state index contributed by atoms with van der Waals surface area (Å²) in [6.07, 6.45) is -0.343. The third-order valence-electron chi connectivity index (χ3n) is 1.72. The van der Waals surface area contributed by atoms with Crippen molar-refractivity contribution >= 4 is 0 Å². The molecule has 1 rings (SSSR count). The second kappa shape index (κ2) is 5.81. The zero-order valence-electron chi connectivity index (χ0n) is 7.41. The Morgan fingerprint density at radius 3 is 2.17 bits per heavy atom. The van der Waals surface area contributed by atoms with Gasteiger partial charge in [-0.3, -0.25) is 0 Å². The number of aliphatic hydroxyl groups is 1. The SMILES string of the molecule is CC(C)C(O)c1cc[c-]cc1.[U]. The van der Waals surface area contributed by atoms with E-state index >= 15 is 0 Å². The molecule has 12 heavy (non-hydrogen) atoms. The first-order valence-corrected chi connectivity index (χ1v) is 3.86. The van der Waals surface area contributed by atoms with Gasteiger partial charge in [0.05, 0.1) is 6.10 Å². The van der Waals surface area contributed by atoms with Gasteiger partial charge in [0.25, 0.3) is 0 Å². The fourth-order valence-corrected chi connectivity index (χ4v) is 0.982. The molecule has 0 amide bonds. The summed E-state index contributed by atoms with van der Waals surface area (Å²) in [5.74, 6) is 0.275. The van der Waals surface area contributed by atoms with Gasteiger partial charge in [-0.05, 0) is 5.92 Å². The number of benzene rings is 1. The molecule has 1 N–H and O–H groups in total. The Labute approximate surface area is 97.6 Å². The van der Waals surface area contributed by atoms with Crippen molar-refractivity contribution in [3.05, 3.63) is 35.9 Å². The van der Waals surface area contributed by atoms with Crippen LogP contribution in [0.15, 0.2) is 24.3 Å². The minimum atomic E-state index is -0.343. The topological polar surface area (TPSA) is 20.2 Å². The Hall–Kier alpha value is 0.232. The Bertz CT molecular complexity index is 208. The summed E-state index contributed by atoms with van der Waals surface area (Å²) in [4.78, 5) is 0. The summed E-state index contributed by atoms with van der Waals surface area (Å²) in [5, 5.41) is 9.58. The fraction of sp³-hybridized carbons (Fsp3) is 0.400. The predicted molar refractivity (Wildman–Crippen MR) is 45.1 cm³/mol. The molecule has 0 radical (unpaired) electrons. The molecule has 0 aromatic heterocycles. The molecule has 1 aromatic carbocycles. The number of hydrogen-bond donors (Lipinski definition) is 1. The van der Waals surface area contributed by atoms with Gasteiger partial charge >= 0.3 is 0 Å². The zero-order valence-corrected chi connectivity index (χ0v) is 11.6. The van der Waals surface area contributed by atoms with Crippen LogP contribution in [-0.4, -0.2) is 5.11 Å². The largest absolute Gasteiger partial charge is 0.390 e. The van der Waals surface area contributed by atoms with Crippen LogP contribution in [0.1, 0.15) is 25.5 Å². The first-order chi connectivity index (χ1) is 5.22. The van der Waals surface area contributed by atoms with Crippen LogP contribution in [-0.2, 0) is 0 Å². The van der Waals surface area contributed by atoms with Crippen LogP contribution in [0.5, 0.6) is 0 Å². The summed E-state index contributed by atoms with van der Waals surface area (Å²) in [7, 11) is 0. The molecule has 0 saturated heterocycles. The maximum Gasteiger partial charge on any atom is 0.0593 e. The summed E-state index contributed by atoms with van der Waals surface area (Å²) in [5.41, 5.74) is 0.971. The average Bonchev–Trinajstić information content (AvgIpc) is 2.05. The van der Waals surface area contributed by atoms with Crippen molar-refractivity contribution in [2.75, 3.05) is 0 Å². The molecule has 0 aliphatic heterocycles. The van der Waals surface area contributed by atoms with Crippen LogP contribution >= 0.6 is 0 Å². The molecule has 0 bridgehead atoms. The fourth-order valence-electron chi connectivity index (χ4n) is 0.982. The zero-order chi connectivity index (χ0) is 8.27. The Kier molecular flexibility index (Phi) is 5.92. The maximum absolute atomic E-state index is 9.58. The van der Waals surface area contributed by atoms with Crippen LogP contribution in [0.3, 0.4) is 0 Å². The second-order valence-electron chi connectivity index (χ2n) is 3.02. The van der Waals surface area contributed by atoms with E-state index in [4.69, 9.17) is 0 Å². The summed E-state index contributed by atoms with van der Waals surface area (Å²) in [6, 6.07) is 10.3. The molecule has 0 saturated carbocycles. The summed E-state index contributed by atoms with van der Waals surface area (Å²) in [6.45, 7) is 4.00. The monoisotopic (exact) mass is 387 g/mol. The van der Waals surface area contributed by atoms with Gasteiger partial charge in [0.15, 0.2) is 0 Å². The quantitative estimate of drug-likeness (QED) is 0.772. The van der Waals surface area contributed by atoms with E-state index in [0.717, 1.165) is 5.56 Å². The smallest absolute Gasteiger partial charge is 0.0593 e. The van der Waals surface area contributed by atoms with Gasteiger partial charge in [-0.2, -0.15) is 30.3 Å². The van der Waals surface area contributed by atoms with Crippen LogP contribution < -0.4 is 0 Å². The van der Waals surface area contributed by atoms with E-state index in [1.165, 1.54) is 0 Å². The summed E-state index contributed by atoms with van der Waals surface area (Å²) >= 11 is 0. The molecule has 1 nitrogen and oxygen atoms in total. The molecule has 0 fully saturated rings. The molecule has 0 spiro atoms. The van der Waals surface area contributed by atoms with Gasteiger partial charge in [0.2, 0.25) is 0 Å². The van der Waals surface area contributed by atoms with Gasteiger partial charge < -0.3 is 5.11 Å². The van der Waals surface area contributed by atoms with Crippen molar-refractivity contribution in [1.29, 1.82) is 0 Å². The van der Waals surface area contributed by atoms with Crippen LogP contribution in [0, 0.1) is 43.1 Å². The Balaban J connectivity index is 0.00000121. The van der Waals surface area contributed by atoms with E-state index in [2.05, 4.69) is 6.07 Å². The molecule has 1 unspecified atom stereocenters. The number of aliphatic hydroxyl groups excluding tert-OH is 1. The van der Waals surface area contributed by atoms with E-state index in [-0.39, 0.29) is 43.1 Å². The first-order valence-electron chi connectivity index (χ1n) is 3.86. The van der Waals surface area contributed by atoms with Crippen LogP contribution in [0.25, 0.3) is 0 Å². The summed E-state index contributed by atoms with van der Waals surface area (Å²) < 4.78 is 0. The van der Waals surface area contributed by atoms with Crippen molar-refractivity contribution < 1.29 is 36.2 Å². The molecule has 0 heterocycles. The number of hydrogen-bond acceptors (Lipinski definition) is 1. The van der Waals surface area contributed by atoms with E-state index < -0.39 is 0 Å². The molecular formula is C10H13OU-. The van der Waals surface area contributed by atoms with Gasteiger partial charge in [0, 0.05) is 31.1 Å².